The average molecular weight is 527 g/mol. The lowest BCUT2D eigenvalue weighted by atomic mass is 10.1. The molecular weight excluding hydrogens is 499 g/mol. The van der Waals surface area contributed by atoms with Crippen molar-refractivity contribution in [3.63, 3.8) is 0 Å². The van der Waals surface area contributed by atoms with Gasteiger partial charge in [-0.2, -0.15) is 4.99 Å². The lowest BCUT2D eigenvalue weighted by molar-refractivity contribution is 0.0995. The van der Waals surface area contributed by atoms with E-state index in [0.29, 0.717) is 77.2 Å². The summed E-state index contributed by atoms with van der Waals surface area (Å²) in [6.07, 6.45) is 0. The molecule has 1 aromatic heterocycles. The molecule has 3 aromatic rings. The van der Waals surface area contributed by atoms with Gasteiger partial charge in [-0.1, -0.05) is 34.5 Å². The first-order valence-corrected chi connectivity index (χ1v) is 12.7. The Bertz CT molecular complexity index is 1200. The number of ether oxygens (including phenoxy) is 4. The van der Waals surface area contributed by atoms with E-state index in [1.807, 2.05) is 38.3 Å². The maximum absolute atomic E-state index is 13.3. The molecule has 1 amide bonds. The van der Waals surface area contributed by atoms with Crippen LogP contribution in [0.2, 0.25) is 10.0 Å². The third-order valence-corrected chi connectivity index (χ3v) is 6.59. The van der Waals surface area contributed by atoms with Crippen molar-refractivity contribution in [2.75, 3.05) is 33.0 Å². The van der Waals surface area contributed by atoms with Gasteiger partial charge in [0, 0.05) is 18.7 Å². The molecule has 2 aromatic carbocycles. The third kappa shape index (κ3) is 5.86. The standard InChI is InChI=1S/C24H28Cl2N2O5S/c1-5-30-12-11-28-21-19(10-9-16(25)20(21)26)34-24(28)27-23(29)15-13-17(31-6-2)22(33-8-4)18(14-15)32-7-3/h9-10,13-14H,5-8,11-12H2,1-4H3. The summed E-state index contributed by atoms with van der Waals surface area (Å²) in [6.45, 7) is 10.3. The Morgan fingerprint density at radius 2 is 1.62 bits per heavy atom. The number of hydrogen-bond acceptors (Lipinski definition) is 6. The number of hydrogen-bond donors (Lipinski definition) is 0. The highest BCUT2D eigenvalue weighted by Crippen LogP contribution is 2.39. The van der Waals surface area contributed by atoms with Crippen LogP contribution < -0.4 is 19.0 Å². The lowest BCUT2D eigenvalue weighted by Crippen LogP contribution is -2.20. The molecule has 184 valence electrons. The van der Waals surface area contributed by atoms with E-state index in [-0.39, 0.29) is 0 Å². The average Bonchev–Trinajstić information content (AvgIpc) is 3.16. The summed E-state index contributed by atoms with van der Waals surface area (Å²) in [5.41, 5.74) is 1.05. The second kappa shape index (κ2) is 12.4. The topological polar surface area (TPSA) is 71.3 Å². The van der Waals surface area contributed by atoms with Gasteiger partial charge in [0.25, 0.3) is 5.91 Å². The van der Waals surface area contributed by atoms with Crippen LogP contribution in [0.5, 0.6) is 17.2 Å². The number of thiazole rings is 1. The minimum atomic E-state index is -0.441. The fourth-order valence-corrected chi connectivity index (χ4v) is 4.90. The van der Waals surface area contributed by atoms with Crippen LogP contribution in [0.1, 0.15) is 38.1 Å². The largest absolute Gasteiger partial charge is 0.490 e. The smallest absolute Gasteiger partial charge is 0.279 e. The van der Waals surface area contributed by atoms with Crippen LogP contribution in [-0.4, -0.2) is 43.5 Å². The zero-order chi connectivity index (χ0) is 24.7. The first kappa shape index (κ1) is 26.3. The van der Waals surface area contributed by atoms with E-state index in [2.05, 4.69) is 4.99 Å². The molecule has 0 N–H and O–H groups in total. The summed E-state index contributed by atoms with van der Waals surface area (Å²) in [6, 6.07) is 6.86. The zero-order valence-corrected chi connectivity index (χ0v) is 22.0. The SMILES string of the molecule is CCOCCn1c(=NC(=O)c2cc(OCC)c(OCC)c(OCC)c2)sc2ccc(Cl)c(Cl)c21. The Morgan fingerprint density at radius 3 is 2.21 bits per heavy atom. The maximum Gasteiger partial charge on any atom is 0.279 e. The maximum atomic E-state index is 13.3. The number of fused-ring (bicyclic) bond motifs is 1. The molecule has 1 heterocycles. The predicted octanol–water partition coefficient (Wildman–Crippen LogP) is 5.98. The van der Waals surface area contributed by atoms with Gasteiger partial charge in [-0.05, 0) is 52.0 Å². The van der Waals surface area contributed by atoms with E-state index in [1.54, 1.807) is 18.2 Å². The van der Waals surface area contributed by atoms with Crippen LogP contribution in [0.15, 0.2) is 29.3 Å². The van der Waals surface area contributed by atoms with Crippen LogP contribution in [0.25, 0.3) is 10.2 Å². The number of rotatable bonds is 11. The van der Waals surface area contributed by atoms with Gasteiger partial charge in [-0.3, -0.25) is 4.79 Å². The van der Waals surface area contributed by atoms with Gasteiger partial charge in [-0.15, -0.1) is 0 Å². The third-order valence-electron chi connectivity index (χ3n) is 4.75. The highest BCUT2D eigenvalue weighted by atomic mass is 35.5. The molecule has 0 atom stereocenters. The van der Waals surface area contributed by atoms with Crippen molar-refractivity contribution in [2.45, 2.75) is 34.2 Å². The van der Waals surface area contributed by atoms with Gasteiger partial charge in [-0.25, -0.2) is 0 Å². The number of nitrogens with zero attached hydrogens (tertiary/aromatic N) is 2. The molecule has 0 fully saturated rings. The van der Waals surface area contributed by atoms with Gasteiger partial charge < -0.3 is 23.5 Å². The molecule has 3 rings (SSSR count). The van der Waals surface area contributed by atoms with Crippen molar-refractivity contribution in [1.29, 1.82) is 0 Å². The number of aromatic nitrogens is 1. The van der Waals surface area contributed by atoms with Crippen LogP contribution >= 0.6 is 34.5 Å². The summed E-state index contributed by atoms with van der Waals surface area (Å²) in [5.74, 6) is 0.898. The molecule has 0 bridgehead atoms. The highest BCUT2D eigenvalue weighted by Gasteiger charge is 2.19. The zero-order valence-electron chi connectivity index (χ0n) is 19.7. The molecule has 34 heavy (non-hydrogen) atoms. The van der Waals surface area contributed by atoms with Crippen molar-refractivity contribution in [3.05, 3.63) is 44.7 Å². The second-order valence-electron chi connectivity index (χ2n) is 6.96. The predicted molar refractivity (Wildman–Crippen MR) is 136 cm³/mol. The van der Waals surface area contributed by atoms with Crippen LogP contribution in [-0.2, 0) is 11.3 Å². The van der Waals surface area contributed by atoms with E-state index in [1.165, 1.54) is 11.3 Å². The number of halogens is 2. The summed E-state index contributed by atoms with van der Waals surface area (Å²) < 4.78 is 25.5. The molecule has 10 heteroatoms. The van der Waals surface area contributed by atoms with Crippen LogP contribution in [0.3, 0.4) is 0 Å². The Hall–Kier alpha value is -2.26. The molecule has 0 aliphatic carbocycles. The number of amides is 1. The van der Waals surface area contributed by atoms with Crippen LogP contribution in [0.4, 0.5) is 0 Å². The van der Waals surface area contributed by atoms with Crippen molar-refractivity contribution in [2.24, 2.45) is 4.99 Å². The van der Waals surface area contributed by atoms with Gasteiger partial charge in [0.05, 0.1) is 46.7 Å². The number of benzene rings is 2. The molecule has 0 radical (unpaired) electrons. The monoisotopic (exact) mass is 526 g/mol. The van der Waals surface area contributed by atoms with E-state index < -0.39 is 5.91 Å². The molecule has 0 unspecified atom stereocenters. The first-order chi connectivity index (χ1) is 16.4. The summed E-state index contributed by atoms with van der Waals surface area (Å²) in [5, 5.41) is 0.850. The molecule has 0 aliphatic rings. The van der Waals surface area contributed by atoms with E-state index >= 15 is 0 Å². The second-order valence-corrected chi connectivity index (χ2v) is 8.75. The lowest BCUT2D eigenvalue weighted by Gasteiger charge is -2.16. The Labute approximate surface area is 212 Å². The summed E-state index contributed by atoms with van der Waals surface area (Å²) >= 11 is 14.1. The van der Waals surface area contributed by atoms with Gasteiger partial charge in [0.2, 0.25) is 5.75 Å². The summed E-state index contributed by atoms with van der Waals surface area (Å²) in [4.78, 5) is 18.2. The molecule has 0 spiro atoms. The first-order valence-electron chi connectivity index (χ1n) is 11.2. The quantitative estimate of drug-likeness (QED) is 0.287. The van der Waals surface area contributed by atoms with Gasteiger partial charge >= 0.3 is 0 Å². The minimum Gasteiger partial charge on any atom is -0.490 e. The normalized spacial score (nSPS) is 11.8. The van der Waals surface area contributed by atoms with Crippen molar-refractivity contribution in [1.82, 2.24) is 4.57 Å². The van der Waals surface area contributed by atoms with Gasteiger partial charge in [0.1, 0.15) is 0 Å². The van der Waals surface area contributed by atoms with Crippen molar-refractivity contribution >= 4 is 50.7 Å². The number of carbonyl (C=O) groups excluding carboxylic acids is 1. The fourth-order valence-electron chi connectivity index (χ4n) is 3.36. The Balaban J connectivity index is 2.14. The van der Waals surface area contributed by atoms with E-state index in [9.17, 15) is 4.79 Å². The Morgan fingerprint density at radius 1 is 0.971 bits per heavy atom. The molecule has 0 aliphatic heterocycles. The molecule has 7 nitrogen and oxygen atoms in total. The Kier molecular flexibility index (Phi) is 9.64. The van der Waals surface area contributed by atoms with Gasteiger partial charge in [0.15, 0.2) is 16.3 Å². The fraction of sp³-hybridized carbons (Fsp3) is 0.417. The van der Waals surface area contributed by atoms with E-state index in [4.69, 9.17) is 42.1 Å². The van der Waals surface area contributed by atoms with E-state index in [0.717, 1.165) is 10.2 Å². The summed E-state index contributed by atoms with van der Waals surface area (Å²) in [7, 11) is 0. The number of carbonyl (C=O) groups is 1. The molecule has 0 saturated heterocycles. The highest BCUT2D eigenvalue weighted by molar-refractivity contribution is 7.16. The molecular formula is C24H28Cl2N2O5S. The molecule has 0 saturated carbocycles. The van der Waals surface area contributed by atoms with Crippen molar-refractivity contribution in [3.8, 4) is 17.2 Å². The van der Waals surface area contributed by atoms with Crippen molar-refractivity contribution < 1.29 is 23.7 Å². The minimum absolute atomic E-state index is 0.327. The van der Waals surface area contributed by atoms with Crippen LogP contribution in [0, 0.1) is 0 Å².